The van der Waals surface area contributed by atoms with E-state index in [4.69, 9.17) is 23.2 Å². The SMILES string of the molecule is O=C(C=Cc1ccccc1)Nc1nc2n(n1)C(c1ccc(Cl)cc1)C=C(c1ccc(Cl)cc1)N2. The Morgan fingerprint density at radius 1 is 0.941 bits per heavy atom. The molecule has 0 saturated carbocycles. The Hall–Kier alpha value is -3.87. The van der Waals surface area contributed by atoms with Gasteiger partial charge in [0.25, 0.3) is 11.9 Å². The van der Waals surface area contributed by atoms with Crippen LogP contribution in [-0.2, 0) is 4.79 Å². The number of rotatable bonds is 5. The topological polar surface area (TPSA) is 71.8 Å². The van der Waals surface area contributed by atoms with E-state index in [1.165, 1.54) is 6.08 Å². The number of carbonyl (C=O) groups excluding carboxylic acids is 1. The van der Waals surface area contributed by atoms with Crippen molar-refractivity contribution in [1.29, 1.82) is 0 Å². The summed E-state index contributed by atoms with van der Waals surface area (Å²) in [5, 5.41) is 11.9. The highest BCUT2D eigenvalue weighted by Crippen LogP contribution is 2.34. The van der Waals surface area contributed by atoms with E-state index in [9.17, 15) is 4.79 Å². The number of amides is 1. The van der Waals surface area contributed by atoms with E-state index in [1.807, 2.05) is 78.9 Å². The van der Waals surface area contributed by atoms with Crippen molar-refractivity contribution in [3.8, 4) is 0 Å². The average molecular weight is 488 g/mol. The van der Waals surface area contributed by atoms with Crippen LogP contribution in [0, 0.1) is 0 Å². The van der Waals surface area contributed by atoms with Gasteiger partial charge in [-0.25, -0.2) is 4.68 Å². The molecule has 0 bridgehead atoms. The van der Waals surface area contributed by atoms with E-state index < -0.39 is 0 Å². The van der Waals surface area contributed by atoms with Crippen molar-refractivity contribution in [2.75, 3.05) is 10.6 Å². The second kappa shape index (κ2) is 9.55. The molecule has 5 rings (SSSR count). The third-order valence-electron chi connectivity index (χ3n) is 5.29. The van der Waals surface area contributed by atoms with Crippen molar-refractivity contribution in [2.45, 2.75) is 6.04 Å². The molecule has 34 heavy (non-hydrogen) atoms. The number of anilines is 2. The Morgan fingerprint density at radius 2 is 1.62 bits per heavy atom. The number of benzene rings is 3. The van der Waals surface area contributed by atoms with Gasteiger partial charge < -0.3 is 5.32 Å². The number of allylic oxidation sites excluding steroid dienone is 1. The standard InChI is InChI=1S/C26H19Cl2N5O/c27-20-11-7-18(8-12-20)22-16-23(19-9-13-21(28)14-10-19)33-26(29-22)31-25(32-33)30-24(34)15-6-17-4-2-1-3-5-17/h1-16,23H,(H2,29,30,31,32,34). The second-order valence-electron chi connectivity index (χ2n) is 7.65. The predicted octanol–water partition coefficient (Wildman–Crippen LogP) is 6.29. The lowest BCUT2D eigenvalue weighted by atomic mass is 10.0. The first-order valence-corrected chi connectivity index (χ1v) is 11.3. The fraction of sp³-hybridized carbons (Fsp3) is 0.0385. The van der Waals surface area contributed by atoms with Gasteiger partial charge in [-0.05, 0) is 53.1 Å². The molecule has 1 unspecified atom stereocenters. The van der Waals surface area contributed by atoms with E-state index in [0.717, 1.165) is 22.4 Å². The molecule has 0 spiro atoms. The molecule has 2 N–H and O–H groups in total. The number of carbonyl (C=O) groups is 1. The molecule has 1 aliphatic heterocycles. The van der Waals surface area contributed by atoms with Gasteiger partial charge in [0.05, 0.1) is 0 Å². The summed E-state index contributed by atoms with van der Waals surface area (Å²) in [6.07, 6.45) is 5.24. The largest absolute Gasteiger partial charge is 0.324 e. The van der Waals surface area contributed by atoms with Crippen molar-refractivity contribution in [1.82, 2.24) is 14.8 Å². The Kier molecular flexibility index (Phi) is 6.16. The number of hydrogen-bond donors (Lipinski definition) is 2. The summed E-state index contributed by atoms with van der Waals surface area (Å²) in [5.41, 5.74) is 3.72. The van der Waals surface area contributed by atoms with Gasteiger partial charge in [0.1, 0.15) is 6.04 Å². The Morgan fingerprint density at radius 3 is 2.32 bits per heavy atom. The zero-order chi connectivity index (χ0) is 23.5. The third kappa shape index (κ3) is 4.88. The predicted molar refractivity (Wildman–Crippen MR) is 137 cm³/mol. The van der Waals surface area contributed by atoms with Gasteiger partial charge in [-0.1, -0.05) is 77.8 Å². The summed E-state index contributed by atoms with van der Waals surface area (Å²) in [6, 6.07) is 24.4. The van der Waals surface area contributed by atoms with Gasteiger partial charge in [-0.15, -0.1) is 5.10 Å². The molecule has 1 aromatic heterocycles. The lowest BCUT2D eigenvalue weighted by Crippen LogP contribution is -2.20. The smallest absolute Gasteiger partial charge is 0.250 e. The summed E-state index contributed by atoms with van der Waals surface area (Å²) in [7, 11) is 0. The quantitative estimate of drug-likeness (QED) is 0.324. The van der Waals surface area contributed by atoms with Crippen LogP contribution in [0.3, 0.4) is 0 Å². The summed E-state index contributed by atoms with van der Waals surface area (Å²) >= 11 is 12.2. The molecule has 8 heteroatoms. The number of hydrogen-bond acceptors (Lipinski definition) is 4. The first-order valence-electron chi connectivity index (χ1n) is 10.6. The van der Waals surface area contributed by atoms with Crippen LogP contribution in [0.5, 0.6) is 0 Å². The summed E-state index contributed by atoms with van der Waals surface area (Å²) in [4.78, 5) is 17.0. The van der Waals surface area contributed by atoms with E-state index >= 15 is 0 Å². The van der Waals surface area contributed by atoms with Gasteiger partial charge in [0.2, 0.25) is 5.95 Å². The molecule has 0 fully saturated rings. The van der Waals surface area contributed by atoms with Crippen LogP contribution in [0.4, 0.5) is 11.9 Å². The van der Waals surface area contributed by atoms with Crippen LogP contribution in [0.2, 0.25) is 10.0 Å². The van der Waals surface area contributed by atoms with Gasteiger partial charge in [-0.2, -0.15) is 4.98 Å². The maximum Gasteiger partial charge on any atom is 0.250 e. The highest BCUT2D eigenvalue weighted by molar-refractivity contribution is 6.30. The minimum atomic E-state index is -0.319. The molecular weight excluding hydrogens is 469 g/mol. The minimum Gasteiger partial charge on any atom is -0.324 e. The molecule has 0 saturated heterocycles. The normalized spacial score (nSPS) is 14.9. The minimum absolute atomic E-state index is 0.204. The Labute approximate surface area is 206 Å². The average Bonchev–Trinajstić information content (AvgIpc) is 3.26. The van der Waals surface area contributed by atoms with Crippen LogP contribution in [-0.4, -0.2) is 20.7 Å². The number of fused-ring (bicyclic) bond motifs is 1. The third-order valence-corrected chi connectivity index (χ3v) is 5.80. The zero-order valence-corrected chi connectivity index (χ0v) is 19.3. The molecule has 1 amide bonds. The monoisotopic (exact) mass is 487 g/mol. The fourth-order valence-electron chi connectivity index (χ4n) is 3.63. The van der Waals surface area contributed by atoms with Crippen molar-refractivity contribution in [3.63, 3.8) is 0 Å². The number of nitrogens with zero attached hydrogens (tertiary/aromatic N) is 3. The van der Waals surface area contributed by atoms with Gasteiger partial charge in [0.15, 0.2) is 0 Å². The van der Waals surface area contributed by atoms with E-state index in [0.29, 0.717) is 16.0 Å². The highest BCUT2D eigenvalue weighted by atomic mass is 35.5. The first kappa shape index (κ1) is 21.9. The van der Waals surface area contributed by atoms with Gasteiger partial charge >= 0.3 is 0 Å². The molecule has 1 atom stereocenters. The summed E-state index contributed by atoms with van der Waals surface area (Å²) in [5.74, 6) is 0.394. The van der Waals surface area contributed by atoms with Gasteiger partial charge in [0, 0.05) is 21.8 Å². The molecule has 2 heterocycles. The summed E-state index contributed by atoms with van der Waals surface area (Å²) < 4.78 is 1.74. The van der Waals surface area contributed by atoms with Crippen molar-refractivity contribution in [2.24, 2.45) is 0 Å². The molecule has 6 nitrogen and oxygen atoms in total. The Bertz CT molecular complexity index is 1380. The first-order chi connectivity index (χ1) is 16.5. The molecule has 168 valence electrons. The van der Waals surface area contributed by atoms with Crippen LogP contribution in [0.1, 0.15) is 22.7 Å². The Balaban J connectivity index is 1.44. The zero-order valence-electron chi connectivity index (χ0n) is 17.8. The number of halogens is 2. The second-order valence-corrected chi connectivity index (χ2v) is 8.52. The molecule has 4 aromatic rings. The van der Waals surface area contributed by atoms with Crippen molar-refractivity contribution >= 4 is 52.8 Å². The van der Waals surface area contributed by atoms with Crippen LogP contribution >= 0.6 is 23.2 Å². The van der Waals surface area contributed by atoms with Gasteiger partial charge in [-0.3, -0.25) is 10.1 Å². The number of nitrogens with one attached hydrogen (secondary N) is 2. The van der Waals surface area contributed by atoms with Crippen LogP contribution in [0.15, 0.2) is 91.0 Å². The number of aromatic nitrogens is 3. The van der Waals surface area contributed by atoms with E-state index in [2.05, 4.69) is 26.8 Å². The molecular formula is C26H19Cl2N5O. The van der Waals surface area contributed by atoms with Crippen LogP contribution in [0.25, 0.3) is 11.8 Å². The van der Waals surface area contributed by atoms with Crippen molar-refractivity contribution in [3.05, 3.63) is 118 Å². The molecule has 3 aromatic carbocycles. The van der Waals surface area contributed by atoms with E-state index in [-0.39, 0.29) is 17.9 Å². The highest BCUT2D eigenvalue weighted by Gasteiger charge is 2.25. The van der Waals surface area contributed by atoms with Crippen molar-refractivity contribution < 1.29 is 4.79 Å². The maximum atomic E-state index is 12.5. The molecule has 1 aliphatic rings. The van der Waals surface area contributed by atoms with E-state index in [1.54, 1.807) is 10.8 Å². The van der Waals surface area contributed by atoms with Crippen LogP contribution < -0.4 is 10.6 Å². The summed E-state index contributed by atoms with van der Waals surface area (Å²) in [6.45, 7) is 0. The lowest BCUT2D eigenvalue weighted by molar-refractivity contribution is -0.111. The molecule has 0 radical (unpaired) electrons. The molecule has 0 aliphatic carbocycles. The maximum absolute atomic E-state index is 12.5. The fourth-order valence-corrected chi connectivity index (χ4v) is 3.88. The lowest BCUT2D eigenvalue weighted by Gasteiger charge is -2.24.